The van der Waals surface area contributed by atoms with Gasteiger partial charge in [-0.2, -0.15) is 0 Å². The fourth-order valence-electron chi connectivity index (χ4n) is 4.29. The number of rotatable bonds is 5. The molecule has 0 amide bonds. The van der Waals surface area contributed by atoms with Crippen molar-refractivity contribution < 1.29 is 14.8 Å². The van der Waals surface area contributed by atoms with Crippen molar-refractivity contribution in [2.45, 2.75) is 25.7 Å². The Balaban J connectivity index is 1.80. The first-order chi connectivity index (χ1) is 14.3. The van der Waals surface area contributed by atoms with Gasteiger partial charge in [0.1, 0.15) is 5.56 Å². The predicted octanol–water partition coefficient (Wildman–Crippen LogP) is 4.28. The SMILES string of the molecule is O=[N+]([O-])c1cc([N+](=O)[O-])c(C=Cc2cc3c4c(c2)CCCN4CCC3)c([N+](=O)[O-])c1. The van der Waals surface area contributed by atoms with E-state index in [1.807, 2.05) is 12.1 Å². The maximum Gasteiger partial charge on any atom is 0.290 e. The van der Waals surface area contributed by atoms with Gasteiger partial charge in [-0.25, -0.2) is 0 Å². The molecule has 0 saturated heterocycles. The van der Waals surface area contributed by atoms with Crippen molar-refractivity contribution in [1.82, 2.24) is 0 Å². The van der Waals surface area contributed by atoms with E-state index in [1.54, 1.807) is 6.08 Å². The average Bonchev–Trinajstić information content (AvgIpc) is 2.71. The second-order valence-corrected chi connectivity index (χ2v) is 7.38. The summed E-state index contributed by atoms with van der Waals surface area (Å²) in [5.74, 6) is 0. The van der Waals surface area contributed by atoms with Crippen molar-refractivity contribution in [1.29, 1.82) is 0 Å². The number of nitro benzene ring substituents is 3. The summed E-state index contributed by atoms with van der Waals surface area (Å²) >= 11 is 0. The fourth-order valence-corrected chi connectivity index (χ4v) is 4.29. The molecule has 2 aromatic rings. The number of hydrogen-bond donors (Lipinski definition) is 0. The number of anilines is 1. The van der Waals surface area contributed by atoms with Crippen molar-refractivity contribution in [3.05, 3.63) is 76.9 Å². The normalized spacial score (nSPS) is 15.1. The molecule has 2 aromatic carbocycles. The molecule has 0 aliphatic carbocycles. The van der Waals surface area contributed by atoms with Gasteiger partial charge in [0, 0.05) is 18.8 Å². The minimum absolute atomic E-state index is 0.261. The molecule has 10 nitrogen and oxygen atoms in total. The highest BCUT2D eigenvalue weighted by molar-refractivity contribution is 5.82. The van der Waals surface area contributed by atoms with Gasteiger partial charge in [0.2, 0.25) is 0 Å². The molecule has 0 bridgehead atoms. The number of non-ortho nitro benzene ring substituents is 1. The highest BCUT2D eigenvalue weighted by Crippen LogP contribution is 2.38. The van der Waals surface area contributed by atoms with E-state index in [2.05, 4.69) is 4.90 Å². The molecule has 2 aliphatic rings. The van der Waals surface area contributed by atoms with Crippen LogP contribution in [0, 0.1) is 30.3 Å². The summed E-state index contributed by atoms with van der Waals surface area (Å²) in [4.78, 5) is 33.7. The van der Waals surface area contributed by atoms with Crippen molar-refractivity contribution in [3.63, 3.8) is 0 Å². The van der Waals surface area contributed by atoms with E-state index in [1.165, 1.54) is 22.9 Å². The number of benzene rings is 2. The van der Waals surface area contributed by atoms with Crippen LogP contribution < -0.4 is 4.90 Å². The van der Waals surface area contributed by atoms with Crippen LogP contribution in [0.1, 0.15) is 35.1 Å². The summed E-state index contributed by atoms with van der Waals surface area (Å²) in [7, 11) is 0. The van der Waals surface area contributed by atoms with Crippen molar-refractivity contribution >= 4 is 34.9 Å². The van der Waals surface area contributed by atoms with E-state index in [9.17, 15) is 30.3 Å². The first-order valence-electron chi connectivity index (χ1n) is 9.55. The van der Waals surface area contributed by atoms with E-state index in [-0.39, 0.29) is 5.56 Å². The molecule has 2 heterocycles. The van der Waals surface area contributed by atoms with Crippen molar-refractivity contribution in [2.75, 3.05) is 18.0 Å². The number of hydrogen-bond acceptors (Lipinski definition) is 7. The van der Waals surface area contributed by atoms with Crippen LogP contribution in [0.3, 0.4) is 0 Å². The van der Waals surface area contributed by atoms with Crippen LogP contribution in [0.2, 0.25) is 0 Å². The summed E-state index contributed by atoms with van der Waals surface area (Å²) in [5.41, 5.74) is 2.21. The fraction of sp³-hybridized carbons (Fsp3) is 0.300. The molecule has 0 N–H and O–H groups in total. The Hall–Kier alpha value is -3.82. The molecule has 0 saturated carbocycles. The first kappa shape index (κ1) is 19.5. The van der Waals surface area contributed by atoms with Crippen LogP contribution in [0.4, 0.5) is 22.7 Å². The Bertz CT molecular complexity index is 1040. The molecular weight excluding hydrogens is 392 g/mol. The highest BCUT2D eigenvalue weighted by Gasteiger charge is 2.29. The van der Waals surface area contributed by atoms with Gasteiger partial charge < -0.3 is 4.90 Å². The Labute approximate surface area is 170 Å². The topological polar surface area (TPSA) is 133 Å². The average molecular weight is 410 g/mol. The third-order valence-corrected chi connectivity index (χ3v) is 5.52. The molecule has 0 radical (unpaired) electrons. The number of aryl methyl sites for hydroxylation is 2. The van der Waals surface area contributed by atoms with Crippen molar-refractivity contribution in [3.8, 4) is 0 Å². The van der Waals surface area contributed by atoms with E-state index in [0.29, 0.717) is 0 Å². The quantitative estimate of drug-likeness (QED) is 0.408. The van der Waals surface area contributed by atoms with Gasteiger partial charge in [-0.3, -0.25) is 30.3 Å². The van der Waals surface area contributed by atoms with Crippen LogP contribution >= 0.6 is 0 Å². The Morgan fingerprint density at radius 2 is 1.30 bits per heavy atom. The first-order valence-corrected chi connectivity index (χ1v) is 9.55. The van der Waals surface area contributed by atoms with Crippen LogP contribution in [-0.2, 0) is 12.8 Å². The number of nitro groups is 3. The van der Waals surface area contributed by atoms with Gasteiger partial charge >= 0.3 is 0 Å². The van der Waals surface area contributed by atoms with Gasteiger partial charge in [0.15, 0.2) is 0 Å². The lowest BCUT2D eigenvalue weighted by Gasteiger charge is -2.37. The molecule has 154 valence electrons. The molecule has 0 spiro atoms. The summed E-state index contributed by atoms with van der Waals surface area (Å²) < 4.78 is 0. The van der Waals surface area contributed by atoms with E-state index in [4.69, 9.17) is 0 Å². The Kier molecular flexibility index (Phi) is 4.90. The molecule has 0 unspecified atom stereocenters. The minimum atomic E-state index is -0.881. The molecule has 0 fully saturated rings. The van der Waals surface area contributed by atoms with Crippen LogP contribution in [-0.4, -0.2) is 27.9 Å². The summed E-state index contributed by atoms with van der Waals surface area (Å²) in [5, 5.41) is 33.9. The third-order valence-electron chi connectivity index (χ3n) is 5.52. The minimum Gasteiger partial charge on any atom is -0.371 e. The second-order valence-electron chi connectivity index (χ2n) is 7.38. The molecular formula is C20H18N4O6. The zero-order valence-electron chi connectivity index (χ0n) is 15.9. The predicted molar refractivity (Wildman–Crippen MR) is 111 cm³/mol. The summed E-state index contributed by atoms with van der Waals surface area (Å²) in [6, 6.07) is 5.52. The van der Waals surface area contributed by atoms with Gasteiger partial charge in [0.05, 0.1) is 26.9 Å². The molecule has 0 atom stereocenters. The maximum atomic E-state index is 11.4. The Morgan fingerprint density at radius 1 is 0.767 bits per heavy atom. The zero-order chi connectivity index (χ0) is 21.4. The lowest BCUT2D eigenvalue weighted by Crippen LogP contribution is -2.34. The van der Waals surface area contributed by atoms with E-state index < -0.39 is 31.8 Å². The molecule has 30 heavy (non-hydrogen) atoms. The lowest BCUT2D eigenvalue weighted by atomic mass is 9.90. The van der Waals surface area contributed by atoms with Crippen LogP contribution in [0.25, 0.3) is 12.2 Å². The van der Waals surface area contributed by atoms with Gasteiger partial charge in [-0.05, 0) is 60.6 Å². The van der Waals surface area contributed by atoms with Crippen LogP contribution in [0.5, 0.6) is 0 Å². The zero-order valence-corrected chi connectivity index (χ0v) is 15.9. The second kappa shape index (κ2) is 7.54. The van der Waals surface area contributed by atoms with Gasteiger partial charge in [0.25, 0.3) is 17.1 Å². The Morgan fingerprint density at radius 3 is 1.77 bits per heavy atom. The summed E-state index contributed by atoms with van der Waals surface area (Å²) in [6.07, 6.45) is 6.90. The van der Waals surface area contributed by atoms with E-state index >= 15 is 0 Å². The van der Waals surface area contributed by atoms with Crippen molar-refractivity contribution in [2.24, 2.45) is 0 Å². The number of nitrogens with zero attached hydrogens (tertiary/aromatic N) is 4. The molecule has 10 heteroatoms. The molecule has 0 aromatic heterocycles. The van der Waals surface area contributed by atoms with Crippen LogP contribution in [0.15, 0.2) is 24.3 Å². The lowest BCUT2D eigenvalue weighted by molar-refractivity contribution is -0.403. The van der Waals surface area contributed by atoms with Gasteiger partial charge in [-0.15, -0.1) is 0 Å². The maximum absolute atomic E-state index is 11.4. The molecule has 2 aliphatic heterocycles. The van der Waals surface area contributed by atoms with E-state index in [0.717, 1.165) is 56.5 Å². The molecule has 4 rings (SSSR count). The third kappa shape index (κ3) is 3.47. The highest BCUT2D eigenvalue weighted by atomic mass is 16.6. The monoisotopic (exact) mass is 410 g/mol. The smallest absolute Gasteiger partial charge is 0.290 e. The largest absolute Gasteiger partial charge is 0.371 e. The summed E-state index contributed by atoms with van der Waals surface area (Å²) in [6.45, 7) is 2.08. The van der Waals surface area contributed by atoms with Gasteiger partial charge in [-0.1, -0.05) is 6.08 Å². The standard InChI is InChI=1S/C20H18N4O6/c25-22(26)16-11-18(23(27)28)17(19(12-16)24(29)30)6-5-13-9-14-3-1-7-21-8-2-4-15(10-13)20(14)21/h5-6,9-12H,1-4,7-8H2.